The van der Waals surface area contributed by atoms with Crippen LogP contribution in [0.4, 0.5) is 0 Å². The van der Waals surface area contributed by atoms with Gasteiger partial charge in [0.25, 0.3) is 0 Å². The number of imidazole rings is 1. The van der Waals surface area contributed by atoms with Crippen LogP contribution in [0.1, 0.15) is 49.4 Å². The van der Waals surface area contributed by atoms with Gasteiger partial charge in [-0.15, -0.1) is 0 Å². The zero-order chi connectivity index (χ0) is 12.2. The van der Waals surface area contributed by atoms with Crippen molar-refractivity contribution in [2.45, 2.75) is 43.4 Å². The third-order valence-electron chi connectivity index (χ3n) is 4.85. The van der Waals surface area contributed by atoms with E-state index in [1.165, 1.54) is 49.0 Å². The second-order valence-corrected chi connectivity index (χ2v) is 5.97. The summed E-state index contributed by atoms with van der Waals surface area (Å²) in [6.45, 7) is 0.766. The molecule has 2 saturated carbocycles. The monoisotopic (exact) mass is 241 g/mol. The van der Waals surface area contributed by atoms with E-state index < -0.39 is 0 Å². The van der Waals surface area contributed by atoms with E-state index in [1.807, 2.05) is 0 Å². The summed E-state index contributed by atoms with van der Waals surface area (Å²) >= 11 is 0. The predicted octanol–water partition coefficient (Wildman–Crippen LogP) is 2.82. The first-order chi connectivity index (χ1) is 8.81. The molecule has 0 amide bonds. The van der Waals surface area contributed by atoms with Crippen molar-refractivity contribution in [2.24, 2.45) is 5.73 Å². The highest BCUT2D eigenvalue weighted by Gasteiger charge is 2.42. The molecule has 1 aromatic heterocycles. The number of hydrogen-bond donors (Lipinski definition) is 2. The Morgan fingerprint density at radius 1 is 1.33 bits per heavy atom. The third-order valence-corrected chi connectivity index (χ3v) is 4.85. The van der Waals surface area contributed by atoms with Crippen molar-refractivity contribution >= 4 is 11.0 Å². The maximum absolute atomic E-state index is 5.90. The largest absolute Gasteiger partial charge is 0.342 e. The molecule has 2 aromatic rings. The molecule has 0 atom stereocenters. The van der Waals surface area contributed by atoms with Crippen molar-refractivity contribution < 1.29 is 0 Å². The Labute approximate surface area is 107 Å². The van der Waals surface area contributed by atoms with Gasteiger partial charge in [0.15, 0.2) is 0 Å². The summed E-state index contributed by atoms with van der Waals surface area (Å²) in [7, 11) is 0. The topological polar surface area (TPSA) is 54.7 Å². The standard InChI is InChI=1S/C15H19N3/c16-9-15(6-7-15)11-4-5-12-13(8-11)18-14(17-12)10-2-1-3-10/h4-5,8,10H,1-3,6-7,9,16H2,(H,17,18). The molecule has 2 aliphatic rings. The van der Waals surface area contributed by atoms with E-state index in [1.54, 1.807) is 0 Å². The maximum atomic E-state index is 5.90. The number of aromatic amines is 1. The van der Waals surface area contributed by atoms with Crippen molar-refractivity contribution in [2.75, 3.05) is 6.54 Å². The molecule has 1 aromatic carbocycles. The van der Waals surface area contributed by atoms with Gasteiger partial charge in [-0.2, -0.15) is 0 Å². The molecule has 18 heavy (non-hydrogen) atoms. The Morgan fingerprint density at radius 3 is 2.78 bits per heavy atom. The lowest BCUT2D eigenvalue weighted by atomic mass is 9.85. The molecule has 0 saturated heterocycles. The zero-order valence-electron chi connectivity index (χ0n) is 10.6. The summed E-state index contributed by atoms with van der Waals surface area (Å²) in [6.07, 6.45) is 6.40. The van der Waals surface area contributed by atoms with Gasteiger partial charge in [0.2, 0.25) is 0 Å². The fourth-order valence-corrected chi connectivity index (χ4v) is 3.00. The van der Waals surface area contributed by atoms with Crippen LogP contribution in [0.3, 0.4) is 0 Å². The first-order valence-corrected chi connectivity index (χ1v) is 7.01. The fourth-order valence-electron chi connectivity index (χ4n) is 3.00. The molecule has 0 bridgehead atoms. The fraction of sp³-hybridized carbons (Fsp3) is 0.533. The SMILES string of the molecule is NCC1(c2ccc3nc(C4CCC4)[nH]c3c2)CC1. The van der Waals surface area contributed by atoms with Gasteiger partial charge in [-0.05, 0) is 43.4 Å². The number of nitrogens with zero attached hydrogens (tertiary/aromatic N) is 1. The first kappa shape index (κ1) is 10.6. The summed E-state index contributed by atoms with van der Waals surface area (Å²) in [5, 5.41) is 0. The Hall–Kier alpha value is -1.35. The van der Waals surface area contributed by atoms with Crippen LogP contribution in [0.2, 0.25) is 0 Å². The van der Waals surface area contributed by atoms with Gasteiger partial charge in [0.05, 0.1) is 11.0 Å². The minimum Gasteiger partial charge on any atom is -0.342 e. The molecule has 94 valence electrons. The normalized spacial score (nSPS) is 22.1. The van der Waals surface area contributed by atoms with E-state index in [2.05, 4.69) is 23.2 Å². The summed E-state index contributed by atoms with van der Waals surface area (Å²) in [4.78, 5) is 8.23. The van der Waals surface area contributed by atoms with Crippen molar-refractivity contribution in [3.63, 3.8) is 0 Å². The van der Waals surface area contributed by atoms with Gasteiger partial charge in [-0.1, -0.05) is 12.5 Å². The zero-order valence-corrected chi connectivity index (χ0v) is 10.6. The number of aromatic nitrogens is 2. The van der Waals surface area contributed by atoms with E-state index >= 15 is 0 Å². The molecular formula is C15H19N3. The second kappa shape index (κ2) is 3.58. The predicted molar refractivity (Wildman–Crippen MR) is 72.7 cm³/mol. The number of fused-ring (bicyclic) bond motifs is 1. The van der Waals surface area contributed by atoms with E-state index in [9.17, 15) is 0 Å². The Morgan fingerprint density at radius 2 is 2.17 bits per heavy atom. The number of H-pyrrole nitrogens is 1. The highest BCUT2D eigenvalue weighted by atomic mass is 14.9. The molecule has 4 rings (SSSR count). The summed E-state index contributed by atoms with van der Waals surface area (Å²) in [6, 6.07) is 6.64. The van der Waals surface area contributed by atoms with Crippen LogP contribution in [0.15, 0.2) is 18.2 Å². The molecule has 0 radical (unpaired) electrons. The minimum atomic E-state index is 0.274. The molecule has 1 heterocycles. The van der Waals surface area contributed by atoms with Crippen LogP contribution in [0.5, 0.6) is 0 Å². The van der Waals surface area contributed by atoms with Crippen molar-refractivity contribution in [1.29, 1.82) is 0 Å². The number of hydrogen-bond acceptors (Lipinski definition) is 2. The molecule has 3 nitrogen and oxygen atoms in total. The first-order valence-electron chi connectivity index (χ1n) is 7.01. The van der Waals surface area contributed by atoms with E-state index in [0.29, 0.717) is 5.92 Å². The van der Waals surface area contributed by atoms with E-state index in [4.69, 9.17) is 10.7 Å². The molecule has 0 unspecified atom stereocenters. The lowest BCUT2D eigenvalue weighted by molar-refractivity contribution is 0.405. The molecule has 2 aliphatic carbocycles. The highest BCUT2D eigenvalue weighted by molar-refractivity contribution is 5.76. The average molecular weight is 241 g/mol. The van der Waals surface area contributed by atoms with Gasteiger partial charge >= 0.3 is 0 Å². The van der Waals surface area contributed by atoms with Crippen LogP contribution < -0.4 is 5.73 Å². The number of nitrogens with two attached hydrogens (primary N) is 1. The van der Waals surface area contributed by atoms with Crippen molar-refractivity contribution in [1.82, 2.24) is 9.97 Å². The summed E-state index contributed by atoms with van der Waals surface area (Å²) < 4.78 is 0. The molecule has 2 fully saturated rings. The maximum Gasteiger partial charge on any atom is 0.110 e. The quantitative estimate of drug-likeness (QED) is 0.868. The van der Waals surface area contributed by atoms with Crippen LogP contribution in [-0.2, 0) is 5.41 Å². The number of nitrogens with one attached hydrogen (secondary N) is 1. The van der Waals surface area contributed by atoms with Crippen LogP contribution in [0.25, 0.3) is 11.0 Å². The average Bonchev–Trinajstić information content (AvgIpc) is 3.01. The second-order valence-electron chi connectivity index (χ2n) is 5.97. The van der Waals surface area contributed by atoms with Gasteiger partial charge in [0.1, 0.15) is 5.82 Å². The van der Waals surface area contributed by atoms with Crippen LogP contribution >= 0.6 is 0 Å². The van der Waals surface area contributed by atoms with Gasteiger partial charge in [0, 0.05) is 17.9 Å². The van der Waals surface area contributed by atoms with Crippen LogP contribution in [-0.4, -0.2) is 16.5 Å². The third kappa shape index (κ3) is 1.43. The highest BCUT2D eigenvalue weighted by Crippen LogP contribution is 2.47. The van der Waals surface area contributed by atoms with Crippen LogP contribution in [0, 0.1) is 0 Å². The molecule has 3 N–H and O–H groups in total. The van der Waals surface area contributed by atoms with Crippen molar-refractivity contribution in [3.8, 4) is 0 Å². The molecular weight excluding hydrogens is 222 g/mol. The summed E-state index contributed by atoms with van der Waals surface area (Å²) in [5.74, 6) is 1.86. The lowest BCUT2D eigenvalue weighted by Crippen LogP contribution is -2.19. The Balaban J connectivity index is 1.75. The number of rotatable bonds is 3. The van der Waals surface area contributed by atoms with Gasteiger partial charge in [-0.25, -0.2) is 4.98 Å². The molecule has 0 spiro atoms. The Kier molecular flexibility index (Phi) is 2.10. The molecule has 3 heteroatoms. The minimum absolute atomic E-state index is 0.274. The summed E-state index contributed by atoms with van der Waals surface area (Å²) in [5.41, 5.74) is 9.86. The van der Waals surface area contributed by atoms with E-state index in [0.717, 1.165) is 12.1 Å². The molecule has 0 aliphatic heterocycles. The van der Waals surface area contributed by atoms with Gasteiger partial charge < -0.3 is 10.7 Å². The lowest BCUT2D eigenvalue weighted by Gasteiger charge is -2.22. The van der Waals surface area contributed by atoms with E-state index in [-0.39, 0.29) is 5.41 Å². The number of benzene rings is 1. The van der Waals surface area contributed by atoms with Gasteiger partial charge in [-0.3, -0.25) is 0 Å². The van der Waals surface area contributed by atoms with Crippen molar-refractivity contribution in [3.05, 3.63) is 29.6 Å². The smallest absolute Gasteiger partial charge is 0.110 e. The Bertz CT molecular complexity index is 591.